The zero-order valence-corrected chi connectivity index (χ0v) is 18.6. The molecule has 0 unspecified atom stereocenters. The summed E-state index contributed by atoms with van der Waals surface area (Å²) in [4.78, 5) is 39.6. The third kappa shape index (κ3) is 4.83. The van der Waals surface area contributed by atoms with Crippen molar-refractivity contribution in [1.82, 2.24) is 30.4 Å². The smallest absolute Gasteiger partial charge is 0.322 e. The molecule has 4 rings (SSSR count). The molecule has 2 aliphatic rings. The van der Waals surface area contributed by atoms with E-state index in [2.05, 4.69) is 22.8 Å². The lowest BCUT2D eigenvalue weighted by Crippen LogP contribution is -2.52. The summed E-state index contributed by atoms with van der Waals surface area (Å²) in [5, 5.41) is 8.04. The Morgan fingerprint density at radius 1 is 1.22 bits per heavy atom. The van der Waals surface area contributed by atoms with Gasteiger partial charge in [-0.3, -0.25) is 24.6 Å². The molecule has 0 atom stereocenters. The Kier molecular flexibility index (Phi) is 6.27. The highest BCUT2D eigenvalue weighted by molar-refractivity contribution is 6.08. The molecular formula is C23H30N6O3. The third-order valence-corrected chi connectivity index (χ3v) is 6.27. The molecule has 1 aliphatic heterocycles. The first kappa shape index (κ1) is 22.0. The SMILES string of the molecule is CC1CCC2(CC1)NC(=O)N(NC(=O)CN(C)Cc1cnn(Cc3ccccc3)c1)C2=O. The summed E-state index contributed by atoms with van der Waals surface area (Å²) < 4.78 is 1.86. The summed E-state index contributed by atoms with van der Waals surface area (Å²) in [7, 11) is 1.81. The van der Waals surface area contributed by atoms with Crippen LogP contribution in [-0.2, 0) is 22.7 Å². The molecule has 0 bridgehead atoms. The summed E-state index contributed by atoms with van der Waals surface area (Å²) in [6.07, 6.45) is 6.72. The van der Waals surface area contributed by atoms with Crippen LogP contribution in [0.4, 0.5) is 4.79 Å². The predicted molar refractivity (Wildman–Crippen MR) is 118 cm³/mol. The summed E-state index contributed by atoms with van der Waals surface area (Å²) >= 11 is 0. The molecular weight excluding hydrogens is 408 g/mol. The van der Waals surface area contributed by atoms with Crippen LogP contribution in [0.15, 0.2) is 42.7 Å². The van der Waals surface area contributed by atoms with Crippen LogP contribution in [0.2, 0.25) is 0 Å². The van der Waals surface area contributed by atoms with Gasteiger partial charge >= 0.3 is 6.03 Å². The van der Waals surface area contributed by atoms with Gasteiger partial charge in [-0.25, -0.2) is 4.79 Å². The van der Waals surface area contributed by atoms with Crippen molar-refractivity contribution in [1.29, 1.82) is 0 Å². The zero-order chi connectivity index (χ0) is 22.7. The Balaban J connectivity index is 1.28. The van der Waals surface area contributed by atoms with E-state index in [9.17, 15) is 14.4 Å². The van der Waals surface area contributed by atoms with Crippen LogP contribution in [0, 0.1) is 5.92 Å². The molecule has 2 fully saturated rings. The first-order chi connectivity index (χ1) is 15.3. The largest absolute Gasteiger partial charge is 0.344 e. The lowest BCUT2D eigenvalue weighted by atomic mass is 9.77. The predicted octanol–water partition coefficient (Wildman–Crippen LogP) is 1.90. The number of rotatable bonds is 7. The van der Waals surface area contributed by atoms with Crippen LogP contribution in [0.25, 0.3) is 0 Å². The standard InChI is InChI=1S/C23H30N6O3/c1-17-8-10-23(11-9-17)21(31)29(22(32)25-23)26-20(30)16-27(2)13-19-12-24-28(15-19)14-18-6-4-3-5-7-18/h3-7,12,15,17H,8-11,13-14,16H2,1-2H3,(H,25,32)(H,26,30). The van der Waals surface area contributed by atoms with E-state index in [4.69, 9.17) is 0 Å². The van der Waals surface area contributed by atoms with E-state index in [0.717, 1.165) is 29.0 Å². The first-order valence-corrected chi connectivity index (χ1v) is 11.0. The Morgan fingerprint density at radius 3 is 2.66 bits per heavy atom. The molecule has 170 valence electrons. The van der Waals surface area contributed by atoms with Crippen molar-refractivity contribution in [2.24, 2.45) is 5.92 Å². The van der Waals surface area contributed by atoms with Gasteiger partial charge in [0.1, 0.15) is 5.54 Å². The number of carbonyl (C=O) groups excluding carboxylic acids is 3. The van der Waals surface area contributed by atoms with Crippen LogP contribution < -0.4 is 10.7 Å². The lowest BCUT2D eigenvalue weighted by Gasteiger charge is -2.33. The topological polar surface area (TPSA) is 99.6 Å². The molecule has 0 radical (unpaired) electrons. The highest BCUT2D eigenvalue weighted by Gasteiger charge is 2.52. The molecule has 2 aromatic rings. The van der Waals surface area contributed by atoms with Gasteiger partial charge in [0.2, 0.25) is 0 Å². The number of carbonyl (C=O) groups is 3. The van der Waals surface area contributed by atoms with E-state index in [0.29, 0.717) is 31.8 Å². The van der Waals surface area contributed by atoms with E-state index in [1.807, 2.05) is 53.2 Å². The van der Waals surface area contributed by atoms with Gasteiger partial charge in [-0.15, -0.1) is 0 Å². The molecule has 1 aromatic heterocycles. The molecule has 1 aliphatic carbocycles. The first-order valence-electron chi connectivity index (χ1n) is 11.0. The molecule has 9 nitrogen and oxygen atoms in total. The maximum Gasteiger partial charge on any atom is 0.344 e. The Morgan fingerprint density at radius 2 is 1.94 bits per heavy atom. The van der Waals surface area contributed by atoms with Crippen molar-refractivity contribution in [3.8, 4) is 0 Å². The average Bonchev–Trinajstić information content (AvgIpc) is 3.28. The van der Waals surface area contributed by atoms with Crippen LogP contribution in [0.5, 0.6) is 0 Å². The molecule has 1 spiro atoms. The highest BCUT2D eigenvalue weighted by atomic mass is 16.2. The molecule has 2 heterocycles. The molecule has 1 saturated heterocycles. The summed E-state index contributed by atoms with van der Waals surface area (Å²) in [5.74, 6) is -0.221. The zero-order valence-electron chi connectivity index (χ0n) is 18.6. The van der Waals surface area contributed by atoms with Crippen molar-refractivity contribution >= 4 is 17.8 Å². The quantitative estimate of drug-likeness (QED) is 0.643. The second kappa shape index (κ2) is 9.12. The van der Waals surface area contributed by atoms with Crippen LogP contribution in [-0.4, -0.2) is 56.7 Å². The monoisotopic (exact) mass is 438 g/mol. The van der Waals surface area contributed by atoms with Crippen LogP contribution >= 0.6 is 0 Å². The maximum absolute atomic E-state index is 12.9. The van der Waals surface area contributed by atoms with Gasteiger partial charge in [0.05, 0.1) is 19.3 Å². The van der Waals surface area contributed by atoms with Crippen molar-refractivity contribution < 1.29 is 14.4 Å². The van der Waals surface area contributed by atoms with Crippen molar-refractivity contribution in [2.45, 2.75) is 51.2 Å². The molecule has 1 saturated carbocycles. The molecule has 1 aromatic carbocycles. The van der Waals surface area contributed by atoms with Crippen LogP contribution in [0.1, 0.15) is 43.7 Å². The van der Waals surface area contributed by atoms with Gasteiger partial charge in [0.15, 0.2) is 0 Å². The number of likely N-dealkylation sites (N-methyl/N-ethyl adjacent to an activating group) is 1. The summed E-state index contributed by atoms with van der Waals surface area (Å²) in [5.41, 5.74) is 3.76. The van der Waals surface area contributed by atoms with E-state index in [-0.39, 0.29) is 12.5 Å². The number of benzene rings is 1. The number of amides is 4. The number of imide groups is 1. The van der Waals surface area contributed by atoms with Gasteiger partial charge < -0.3 is 5.32 Å². The Labute approximate surface area is 187 Å². The fraction of sp³-hybridized carbons (Fsp3) is 0.478. The van der Waals surface area contributed by atoms with Crippen molar-refractivity contribution in [3.05, 3.63) is 53.9 Å². The normalized spacial score (nSPS) is 23.1. The Bertz CT molecular complexity index is 981. The van der Waals surface area contributed by atoms with Gasteiger partial charge in [-0.2, -0.15) is 10.1 Å². The minimum absolute atomic E-state index is 0.0466. The number of aromatic nitrogens is 2. The van der Waals surface area contributed by atoms with Gasteiger partial charge in [0, 0.05) is 18.3 Å². The highest BCUT2D eigenvalue weighted by Crippen LogP contribution is 2.35. The number of urea groups is 1. The molecule has 9 heteroatoms. The lowest BCUT2D eigenvalue weighted by molar-refractivity contribution is -0.140. The van der Waals surface area contributed by atoms with Crippen molar-refractivity contribution in [2.75, 3.05) is 13.6 Å². The van der Waals surface area contributed by atoms with E-state index >= 15 is 0 Å². The van der Waals surface area contributed by atoms with Gasteiger partial charge in [-0.05, 0) is 44.2 Å². The summed E-state index contributed by atoms with van der Waals surface area (Å²) in [6, 6.07) is 9.51. The second-order valence-electron chi connectivity index (χ2n) is 9.07. The van der Waals surface area contributed by atoms with Crippen LogP contribution in [0.3, 0.4) is 0 Å². The Hall–Kier alpha value is -3.20. The fourth-order valence-electron chi connectivity index (χ4n) is 4.43. The number of hydrogen-bond donors (Lipinski definition) is 2. The van der Waals surface area contributed by atoms with Gasteiger partial charge in [-0.1, -0.05) is 37.3 Å². The van der Waals surface area contributed by atoms with E-state index in [1.165, 1.54) is 0 Å². The summed E-state index contributed by atoms with van der Waals surface area (Å²) in [6.45, 7) is 3.39. The minimum Gasteiger partial charge on any atom is -0.322 e. The number of hydrazine groups is 1. The second-order valence-corrected chi connectivity index (χ2v) is 9.07. The number of nitrogens with zero attached hydrogens (tertiary/aromatic N) is 4. The minimum atomic E-state index is -0.865. The maximum atomic E-state index is 12.9. The third-order valence-electron chi connectivity index (χ3n) is 6.27. The van der Waals surface area contributed by atoms with E-state index in [1.54, 1.807) is 6.20 Å². The molecule has 2 N–H and O–H groups in total. The van der Waals surface area contributed by atoms with Gasteiger partial charge in [0.25, 0.3) is 11.8 Å². The average molecular weight is 439 g/mol. The van der Waals surface area contributed by atoms with E-state index < -0.39 is 17.5 Å². The number of hydrogen-bond acceptors (Lipinski definition) is 5. The number of nitrogens with one attached hydrogen (secondary N) is 2. The molecule has 4 amide bonds. The fourth-order valence-corrected chi connectivity index (χ4v) is 4.43. The van der Waals surface area contributed by atoms with Crippen molar-refractivity contribution in [3.63, 3.8) is 0 Å². The molecule has 32 heavy (non-hydrogen) atoms.